The van der Waals surface area contributed by atoms with Crippen LogP contribution in [0.3, 0.4) is 0 Å². The first-order chi connectivity index (χ1) is 7.36. The summed E-state index contributed by atoms with van der Waals surface area (Å²) in [5.41, 5.74) is 1.38. The number of para-hydroxylation sites is 1. The van der Waals surface area contributed by atoms with Gasteiger partial charge in [-0.25, -0.2) is 0 Å². The van der Waals surface area contributed by atoms with E-state index in [1.165, 1.54) is 0 Å². The molecule has 0 unspecified atom stereocenters. The maximum Gasteiger partial charge on any atom is 0.150 e. The van der Waals surface area contributed by atoms with Gasteiger partial charge in [0.1, 0.15) is 11.3 Å². The molecule has 1 heterocycles. The van der Waals surface area contributed by atoms with Gasteiger partial charge in [-0.3, -0.25) is 9.78 Å². The molecule has 0 atom stereocenters. The van der Waals surface area contributed by atoms with Crippen molar-refractivity contribution in [3.05, 3.63) is 36.0 Å². The third-order valence-electron chi connectivity index (χ3n) is 2.19. The van der Waals surface area contributed by atoms with Crippen molar-refractivity contribution in [2.24, 2.45) is 0 Å². The molecule has 15 heavy (non-hydrogen) atoms. The molecule has 76 valence electrons. The van der Waals surface area contributed by atoms with Gasteiger partial charge in [-0.1, -0.05) is 12.1 Å². The lowest BCUT2D eigenvalue weighted by molar-refractivity contribution is 0.112. The number of pyridine rings is 1. The molecule has 0 N–H and O–H groups in total. The molecular formula is C12H11NO2. The maximum atomic E-state index is 10.8. The third-order valence-corrected chi connectivity index (χ3v) is 2.19. The second-order valence-corrected chi connectivity index (χ2v) is 3.10. The zero-order valence-corrected chi connectivity index (χ0v) is 8.43. The Bertz CT molecular complexity index is 494. The van der Waals surface area contributed by atoms with Crippen molar-refractivity contribution < 1.29 is 9.53 Å². The Balaban J connectivity index is 2.70. The second kappa shape index (κ2) is 4.09. The molecule has 2 aromatic rings. The quantitative estimate of drug-likeness (QED) is 0.716. The molecule has 0 fully saturated rings. The predicted molar refractivity (Wildman–Crippen MR) is 58.3 cm³/mol. The Kier molecular flexibility index (Phi) is 2.63. The van der Waals surface area contributed by atoms with E-state index in [0.717, 1.165) is 22.9 Å². The Morgan fingerprint density at radius 3 is 3.00 bits per heavy atom. The smallest absolute Gasteiger partial charge is 0.150 e. The van der Waals surface area contributed by atoms with Gasteiger partial charge in [-0.05, 0) is 19.1 Å². The average Bonchev–Trinajstić information content (AvgIpc) is 2.29. The van der Waals surface area contributed by atoms with Crippen LogP contribution >= 0.6 is 0 Å². The fourth-order valence-corrected chi connectivity index (χ4v) is 1.55. The van der Waals surface area contributed by atoms with Gasteiger partial charge in [0.15, 0.2) is 6.29 Å². The first kappa shape index (κ1) is 9.65. The van der Waals surface area contributed by atoms with Gasteiger partial charge in [-0.15, -0.1) is 0 Å². The van der Waals surface area contributed by atoms with Crippen molar-refractivity contribution in [3.8, 4) is 5.75 Å². The molecule has 0 amide bonds. The minimum absolute atomic E-state index is 0.589. The van der Waals surface area contributed by atoms with Crippen molar-refractivity contribution in [1.82, 2.24) is 4.98 Å². The first-order valence-corrected chi connectivity index (χ1v) is 4.82. The van der Waals surface area contributed by atoms with Crippen LogP contribution < -0.4 is 4.74 Å². The standard InChI is InChI=1S/C12H11NO2/c1-2-15-11-5-3-4-10-9(8-14)6-7-13-12(10)11/h3-8H,2H2,1H3. The van der Waals surface area contributed by atoms with Gasteiger partial charge >= 0.3 is 0 Å². The summed E-state index contributed by atoms with van der Waals surface area (Å²) in [6, 6.07) is 7.29. The van der Waals surface area contributed by atoms with Crippen molar-refractivity contribution >= 4 is 17.2 Å². The monoisotopic (exact) mass is 201 g/mol. The summed E-state index contributed by atoms with van der Waals surface area (Å²) < 4.78 is 5.44. The van der Waals surface area contributed by atoms with E-state index in [4.69, 9.17) is 4.74 Å². The zero-order valence-electron chi connectivity index (χ0n) is 8.43. The molecule has 3 nitrogen and oxygen atoms in total. The predicted octanol–water partition coefficient (Wildman–Crippen LogP) is 2.45. The molecule has 0 aliphatic carbocycles. The molecule has 0 saturated heterocycles. The van der Waals surface area contributed by atoms with Crippen LogP contribution in [0.15, 0.2) is 30.5 Å². The number of aldehydes is 1. The molecule has 0 spiro atoms. The molecule has 0 radical (unpaired) electrons. The number of rotatable bonds is 3. The summed E-state index contributed by atoms with van der Waals surface area (Å²) in [5, 5.41) is 0.832. The Hall–Kier alpha value is -1.90. The number of aromatic nitrogens is 1. The summed E-state index contributed by atoms with van der Waals surface area (Å²) in [6.45, 7) is 2.51. The number of carbonyl (C=O) groups excluding carboxylic acids is 1. The summed E-state index contributed by atoms with van der Waals surface area (Å²) in [6.07, 6.45) is 2.45. The number of hydrogen-bond acceptors (Lipinski definition) is 3. The minimum Gasteiger partial charge on any atom is -0.492 e. The molecular weight excluding hydrogens is 190 g/mol. The van der Waals surface area contributed by atoms with Crippen LogP contribution in [0.25, 0.3) is 10.9 Å². The van der Waals surface area contributed by atoms with Crippen LogP contribution in [-0.4, -0.2) is 17.9 Å². The highest BCUT2D eigenvalue weighted by Crippen LogP contribution is 2.24. The van der Waals surface area contributed by atoms with Gasteiger partial charge in [0.2, 0.25) is 0 Å². The van der Waals surface area contributed by atoms with Crippen LogP contribution in [-0.2, 0) is 0 Å². The van der Waals surface area contributed by atoms with Crippen LogP contribution in [0, 0.1) is 0 Å². The minimum atomic E-state index is 0.589. The van der Waals surface area contributed by atoms with Crippen molar-refractivity contribution in [2.45, 2.75) is 6.92 Å². The number of hydrogen-bond donors (Lipinski definition) is 0. The van der Waals surface area contributed by atoms with E-state index in [-0.39, 0.29) is 0 Å². The number of fused-ring (bicyclic) bond motifs is 1. The van der Waals surface area contributed by atoms with E-state index in [1.807, 2.05) is 25.1 Å². The van der Waals surface area contributed by atoms with Gasteiger partial charge in [0.25, 0.3) is 0 Å². The molecule has 0 bridgehead atoms. The number of ether oxygens (including phenoxy) is 1. The lowest BCUT2D eigenvalue weighted by Gasteiger charge is -2.06. The molecule has 2 rings (SSSR count). The normalized spacial score (nSPS) is 10.2. The largest absolute Gasteiger partial charge is 0.492 e. The Morgan fingerprint density at radius 1 is 1.40 bits per heavy atom. The van der Waals surface area contributed by atoms with Gasteiger partial charge < -0.3 is 4.74 Å². The van der Waals surface area contributed by atoms with E-state index in [2.05, 4.69) is 4.98 Å². The first-order valence-electron chi connectivity index (χ1n) is 4.82. The fourth-order valence-electron chi connectivity index (χ4n) is 1.55. The summed E-state index contributed by atoms with van der Waals surface area (Å²) in [5.74, 6) is 0.721. The lowest BCUT2D eigenvalue weighted by Crippen LogP contribution is -1.94. The highest BCUT2D eigenvalue weighted by atomic mass is 16.5. The molecule has 1 aromatic carbocycles. The topological polar surface area (TPSA) is 39.2 Å². The van der Waals surface area contributed by atoms with Gasteiger partial charge in [0.05, 0.1) is 6.61 Å². The van der Waals surface area contributed by atoms with E-state index in [1.54, 1.807) is 12.3 Å². The SMILES string of the molecule is CCOc1cccc2c(C=O)ccnc12. The molecule has 1 aromatic heterocycles. The molecule has 0 saturated carbocycles. The molecule has 0 aliphatic heterocycles. The van der Waals surface area contributed by atoms with Gasteiger partial charge in [0, 0.05) is 17.1 Å². The maximum absolute atomic E-state index is 10.8. The summed E-state index contributed by atoms with van der Waals surface area (Å²) in [7, 11) is 0. The van der Waals surface area contributed by atoms with Crippen molar-refractivity contribution in [3.63, 3.8) is 0 Å². The van der Waals surface area contributed by atoms with E-state index in [0.29, 0.717) is 12.2 Å². The van der Waals surface area contributed by atoms with E-state index in [9.17, 15) is 4.79 Å². The van der Waals surface area contributed by atoms with Crippen LogP contribution in [0.2, 0.25) is 0 Å². The number of carbonyl (C=O) groups is 1. The summed E-state index contributed by atoms with van der Waals surface area (Å²) >= 11 is 0. The number of benzene rings is 1. The van der Waals surface area contributed by atoms with Crippen molar-refractivity contribution in [1.29, 1.82) is 0 Å². The number of nitrogens with zero attached hydrogens (tertiary/aromatic N) is 1. The second-order valence-electron chi connectivity index (χ2n) is 3.10. The molecule has 3 heteroatoms. The lowest BCUT2D eigenvalue weighted by atomic mass is 10.1. The highest BCUT2D eigenvalue weighted by Gasteiger charge is 2.05. The van der Waals surface area contributed by atoms with E-state index < -0.39 is 0 Å². The van der Waals surface area contributed by atoms with Crippen LogP contribution in [0.5, 0.6) is 5.75 Å². The Labute approximate surface area is 87.7 Å². The highest BCUT2D eigenvalue weighted by molar-refractivity contribution is 5.98. The van der Waals surface area contributed by atoms with Gasteiger partial charge in [-0.2, -0.15) is 0 Å². The average molecular weight is 201 g/mol. The zero-order chi connectivity index (χ0) is 10.7. The molecule has 0 aliphatic rings. The summed E-state index contributed by atoms with van der Waals surface area (Å²) in [4.78, 5) is 15.0. The van der Waals surface area contributed by atoms with Crippen LogP contribution in [0.1, 0.15) is 17.3 Å². The fraction of sp³-hybridized carbons (Fsp3) is 0.167. The van der Waals surface area contributed by atoms with Crippen molar-refractivity contribution in [2.75, 3.05) is 6.61 Å². The van der Waals surface area contributed by atoms with Crippen LogP contribution in [0.4, 0.5) is 0 Å². The van der Waals surface area contributed by atoms with E-state index >= 15 is 0 Å². The Morgan fingerprint density at radius 2 is 2.27 bits per heavy atom. The third kappa shape index (κ3) is 1.68.